The highest BCUT2D eigenvalue weighted by Gasteiger charge is 2.31. The number of sulfonamides is 1. The van der Waals surface area contributed by atoms with Crippen LogP contribution in [0.15, 0.2) is 29.2 Å². The summed E-state index contributed by atoms with van der Waals surface area (Å²) in [7, 11) is -3.83. The van der Waals surface area contributed by atoms with E-state index in [-0.39, 0.29) is 22.9 Å². The van der Waals surface area contributed by atoms with Gasteiger partial charge < -0.3 is 9.88 Å². The van der Waals surface area contributed by atoms with Gasteiger partial charge >= 0.3 is 0 Å². The molecule has 1 aromatic heterocycles. The van der Waals surface area contributed by atoms with Gasteiger partial charge in [0.15, 0.2) is 0 Å². The Bertz CT molecular complexity index is 941. The van der Waals surface area contributed by atoms with Crippen LogP contribution in [0.2, 0.25) is 0 Å². The fourth-order valence-corrected chi connectivity index (χ4v) is 5.11. The number of H-pyrrole nitrogens is 1. The average molecular weight is 390 g/mol. The van der Waals surface area contributed by atoms with Crippen molar-refractivity contribution in [3.05, 3.63) is 52.3 Å². The number of likely N-dealkylation sites (tertiary alicyclic amines) is 1. The highest BCUT2D eigenvalue weighted by molar-refractivity contribution is 7.89. The van der Waals surface area contributed by atoms with Gasteiger partial charge in [-0.3, -0.25) is 4.79 Å². The molecule has 3 rings (SSSR count). The molecule has 0 radical (unpaired) electrons. The van der Waals surface area contributed by atoms with E-state index in [2.05, 4.69) is 9.71 Å². The second-order valence-corrected chi connectivity index (χ2v) is 8.89. The summed E-state index contributed by atoms with van der Waals surface area (Å²) in [5.74, 6) is -0.201. The first-order valence-corrected chi connectivity index (χ1v) is 10.8. The minimum absolute atomic E-state index is 0.0733. The van der Waals surface area contributed by atoms with Gasteiger partial charge in [0.1, 0.15) is 4.90 Å². The van der Waals surface area contributed by atoms with Crippen molar-refractivity contribution in [1.82, 2.24) is 14.6 Å². The number of aryl methyl sites for hydroxylation is 3. The summed E-state index contributed by atoms with van der Waals surface area (Å²) in [4.78, 5) is 17.9. The van der Waals surface area contributed by atoms with Gasteiger partial charge in [-0.2, -0.15) is 0 Å². The number of aromatic nitrogens is 1. The lowest BCUT2D eigenvalue weighted by atomic mass is 10.1. The molecule has 0 unspecified atom stereocenters. The molecular formula is C20H27N3O3S. The Balaban J connectivity index is 1.91. The number of nitrogens with one attached hydrogen (secondary N) is 2. The predicted molar refractivity (Wildman–Crippen MR) is 105 cm³/mol. The number of hydrogen-bond acceptors (Lipinski definition) is 3. The first-order chi connectivity index (χ1) is 12.8. The lowest BCUT2D eigenvalue weighted by Crippen LogP contribution is -2.37. The first kappa shape index (κ1) is 19.6. The van der Waals surface area contributed by atoms with Crippen LogP contribution in [0, 0.1) is 20.8 Å². The summed E-state index contributed by atoms with van der Waals surface area (Å²) in [6.07, 6.45) is 3.03. The van der Waals surface area contributed by atoms with Crippen LogP contribution in [0.25, 0.3) is 0 Å². The zero-order chi connectivity index (χ0) is 19.6. The van der Waals surface area contributed by atoms with Crippen LogP contribution in [0.5, 0.6) is 0 Å². The standard InChI is InChI=1S/C20H27N3O3S/c1-14-9-5-6-10-17(14)13-21-27(25,26)19-16(3)22-15(2)18(19)20(24)23-11-7-4-8-12-23/h5-6,9-10,21-22H,4,7-8,11-13H2,1-3H3. The van der Waals surface area contributed by atoms with Gasteiger partial charge in [-0.05, 0) is 51.2 Å². The molecule has 2 N–H and O–H groups in total. The Morgan fingerprint density at radius 2 is 1.74 bits per heavy atom. The largest absolute Gasteiger partial charge is 0.361 e. The first-order valence-electron chi connectivity index (χ1n) is 9.34. The summed E-state index contributed by atoms with van der Waals surface area (Å²) in [5, 5.41) is 0. The molecule has 6 nitrogen and oxygen atoms in total. The molecule has 27 heavy (non-hydrogen) atoms. The SMILES string of the molecule is Cc1ccccc1CNS(=O)(=O)c1c(C)[nH]c(C)c1C(=O)N1CCCCC1. The van der Waals surface area contributed by atoms with Crippen LogP contribution >= 0.6 is 0 Å². The number of rotatable bonds is 5. The second-order valence-electron chi connectivity index (χ2n) is 7.18. The molecule has 1 saturated heterocycles. The molecule has 1 fully saturated rings. The van der Waals surface area contributed by atoms with Crippen molar-refractivity contribution in [1.29, 1.82) is 0 Å². The molecule has 0 aliphatic carbocycles. The average Bonchev–Trinajstić information content (AvgIpc) is 2.96. The maximum Gasteiger partial charge on any atom is 0.257 e. The fourth-order valence-electron chi connectivity index (χ4n) is 3.66. The Morgan fingerprint density at radius 1 is 1.07 bits per heavy atom. The van der Waals surface area contributed by atoms with Gasteiger partial charge in [-0.25, -0.2) is 13.1 Å². The third kappa shape index (κ3) is 4.09. The Hall–Kier alpha value is -2.12. The Kier molecular flexibility index (Phi) is 5.72. The van der Waals surface area contributed by atoms with E-state index in [0.29, 0.717) is 24.5 Å². The molecule has 1 aromatic carbocycles. The molecule has 2 aromatic rings. The predicted octanol–water partition coefficient (Wildman–Crippen LogP) is 3.04. The van der Waals surface area contributed by atoms with Gasteiger partial charge in [0.05, 0.1) is 5.56 Å². The van der Waals surface area contributed by atoms with Crippen molar-refractivity contribution in [2.45, 2.75) is 51.5 Å². The third-order valence-electron chi connectivity index (χ3n) is 5.16. The number of hydrogen-bond donors (Lipinski definition) is 2. The molecule has 1 aliphatic heterocycles. The van der Waals surface area contributed by atoms with E-state index in [1.165, 1.54) is 0 Å². The summed E-state index contributed by atoms with van der Waals surface area (Å²) < 4.78 is 28.8. The lowest BCUT2D eigenvalue weighted by molar-refractivity contribution is 0.0720. The van der Waals surface area contributed by atoms with E-state index in [9.17, 15) is 13.2 Å². The zero-order valence-corrected chi connectivity index (χ0v) is 16.9. The van der Waals surface area contributed by atoms with Crippen molar-refractivity contribution in [2.75, 3.05) is 13.1 Å². The van der Waals surface area contributed by atoms with E-state index in [1.807, 2.05) is 31.2 Å². The number of piperidine rings is 1. The monoisotopic (exact) mass is 389 g/mol. The highest BCUT2D eigenvalue weighted by atomic mass is 32.2. The fraction of sp³-hybridized carbons (Fsp3) is 0.450. The minimum Gasteiger partial charge on any atom is -0.361 e. The van der Waals surface area contributed by atoms with Crippen molar-refractivity contribution in [3.8, 4) is 0 Å². The molecule has 0 saturated carbocycles. The van der Waals surface area contributed by atoms with Crippen LogP contribution in [0.1, 0.15) is 52.1 Å². The molecule has 1 aliphatic rings. The summed E-state index contributed by atoms with van der Waals surface area (Å²) in [5.41, 5.74) is 3.29. The van der Waals surface area contributed by atoms with Crippen LogP contribution < -0.4 is 4.72 Å². The molecule has 1 amide bonds. The molecule has 2 heterocycles. The van der Waals surface area contributed by atoms with Crippen LogP contribution in [0.4, 0.5) is 0 Å². The Morgan fingerprint density at radius 3 is 2.41 bits per heavy atom. The number of aromatic amines is 1. The maximum atomic E-state index is 13.1. The molecular weight excluding hydrogens is 362 g/mol. The van der Waals surface area contributed by atoms with Gasteiger partial charge in [0.2, 0.25) is 10.0 Å². The van der Waals surface area contributed by atoms with Gasteiger partial charge in [-0.15, -0.1) is 0 Å². The number of benzene rings is 1. The van der Waals surface area contributed by atoms with Gasteiger partial charge in [0.25, 0.3) is 5.91 Å². The lowest BCUT2D eigenvalue weighted by Gasteiger charge is -2.27. The van der Waals surface area contributed by atoms with E-state index in [0.717, 1.165) is 30.4 Å². The number of carbonyl (C=O) groups is 1. The molecule has 0 atom stereocenters. The van der Waals surface area contributed by atoms with E-state index >= 15 is 0 Å². The summed E-state index contributed by atoms with van der Waals surface area (Å²) in [6.45, 7) is 6.95. The molecule has 0 spiro atoms. The summed E-state index contributed by atoms with van der Waals surface area (Å²) >= 11 is 0. The third-order valence-corrected chi connectivity index (χ3v) is 6.73. The normalized spacial score (nSPS) is 15.1. The quantitative estimate of drug-likeness (QED) is 0.825. The van der Waals surface area contributed by atoms with E-state index < -0.39 is 10.0 Å². The molecule has 146 valence electrons. The summed E-state index contributed by atoms with van der Waals surface area (Å²) in [6, 6.07) is 7.64. The highest BCUT2D eigenvalue weighted by Crippen LogP contribution is 2.26. The number of amides is 1. The smallest absolute Gasteiger partial charge is 0.257 e. The van der Waals surface area contributed by atoms with Gasteiger partial charge in [-0.1, -0.05) is 24.3 Å². The van der Waals surface area contributed by atoms with Crippen LogP contribution in [0.3, 0.4) is 0 Å². The second kappa shape index (κ2) is 7.86. The number of nitrogens with zero attached hydrogens (tertiary/aromatic N) is 1. The number of carbonyl (C=O) groups excluding carboxylic acids is 1. The van der Waals surface area contributed by atoms with E-state index in [1.54, 1.807) is 18.7 Å². The molecule has 7 heteroatoms. The van der Waals surface area contributed by atoms with Crippen molar-refractivity contribution >= 4 is 15.9 Å². The van der Waals surface area contributed by atoms with E-state index in [4.69, 9.17) is 0 Å². The molecule has 0 bridgehead atoms. The topological polar surface area (TPSA) is 82.3 Å². The minimum atomic E-state index is -3.83. The van der Waals surface area contributed by atoms with Crippen LogP contribution in [-0.4, -0.2) is 37.3 Å². The van der Waals surface area contributed by atoms with Crippen molar-refractivity contribution in [2.24, 2.45) is 0 Å². The van der Waals surface area contributed by atoms with Crippen LogP contribution in [-0.2, 0) is 16.6 Å². The van der Waals surface area contributed by atoms with Crippen molar-refractivity contribution in [3.63, 3.8) is 0 Å². The van der Waals surface area contributed by atoms with Crippen molar-refractivity contribution < 1.29 is 13.2 Å². The van der Waals surface area contributed by atoms with Gasteiger partial charge in [0, 0.05) is 31.0 Å². The Labute approximate surface area is 161 Å². The zero-order valence-electron chi connectivity index (χ0n) is 16.1. The maximum absolute atomic E-state index is 13.1.